The molecular weight excluding hydrogens is 288 g/mol. The normalized spacial score (nSPS) is 20.5. The lowest BCUT2D eigenvalue weighted by molar-refractivity contribution is -0.184. The van der Waals surface area contributed by atoms with E-state index in [0.29, 0.717) is 6.42 Å². The minimum absolute atomic E-state index is 0.0817. The summed E-state index contributed by atoms with van der Waals surface area (Å²) in [6.07, 6.45) is -4.72. The van der Waals surface area contributed by atoms with Gasteiger partial charge in [-0.15, -0.1) is 0 Å². The van der Waals surface area contributed by atoms with E-state index in [1.807, 2.05) is 13.8 Å². The van der Waals surface area contributed by atoms with E-state index in [2.05, 4.69) is 4.74 Å². The van der Waals surface area contributed by atoms with Crippen molar-refractivity contribution in [2.45, 2.75) is 26.4 Å². The predicted octanol–water partition coefficient (Wildman–Crippen LogP) is 3.21. The van der Waals surface area contributed by atoms with Gasteiger partial charge in [-0.1, -0.05) is 13.8 Å². The molecule has 2 N–H and O–H groups in total. The number of halogens is 4. The summed E-state index contributed by atoms with van der Waals surface area (Å²) >= 11 is 0. The van der Waals surface area contributed by atoms with Crippen LogP contribution in [0.2, 0.25) is 0 Å². The zero-order valence-corrected chi connectivity index (χ0v) is 10.7. The quantitative estimate of drug-likeness (QED) is 0.475. The smallest absolute Gasteiger partial charge is 0.451 e. The third-order valence-corrected chi connectivity index (χ3v) is 2.50. The number of allylic oxidation sites excluding steroid dienone is 1. The predicted molar refractivity (Wildman–Crippen MR) is 58.7 cm³/mol. The van der Waals surface area contributed by atoms with Crippen LogP contribution in [0.25, 0.3) is 0 Å². The zero-order valence-electron chi connectivity index (χ0n) is 10.7. The molecule has 1 atom stereocenters. The molecular formula is C11H14F4O5. The van der Waals surface area contributed by atoms with Crippen LogP contribution in [0.15, 0.2) is 11.9 Å². The summed E-state index contributed by atoms with van der Waals surface area (Å²) in [7, 11) is 0. The average molecular weight is 302 g/mol. The topological polar surface area (TPSA) is 83.8 Å². The van der Waals surface area contributed by atoms with Gasteiger partial charge in [-0.05, 0) is 23.8 Å². The van der Waals surface area contributed by atoms with E-state index in [0.717, 1.165) is 6.08 Å². The van der Waals surface area contributed by atoms with Crippen LogP contribution in [0.1, 0.15) is 20.3 Å². The molecule has 0 saturated heterocycles. The monoisotopic (exact) mass is 302 g/mol. The maximum Gasteiger partial charge on any atom is 0.503 e. The van der Waals surface area contributed by atoms with Crippen molar-refractivity contribution in [3.8, 4) is 0 Å². The highest BCUT2D eigenvalue weighted by molar-refractivity contribution is 5.86. The molecule has 0 aliphatic heterocycles. The van der Waals surface area contributed by atoms with Gasteiger partial charge >= 0.3 is 18.3 Å². The van der Waals surface area contributed by atoms with Gasteiger partial charge in [-0.2, -0.15) is 17.6 Å². The number of ether oxygens (including phenoxy) is 1. The number of carboxylic acid groups (broad SMARTS) is 2. The Kier molecular flexibility index (Phi) is 5.98. The Morgan fingerprint density at radius 2 is 1.75 bits per heavy atom. The fraction of sp³-hybridized carbons (Fsp3) is 0.636. The molecule has 5 nitrogen and oxygen atoms in total. The molecule has 0 aromatic heterocycles. The molecule has 0 aromatic rings. The maximum absolute atomic E-state index is 13.0. The van der Waals surface area contributed by atoms with Crippen molar-refractivity contribution < 1.29 is 42.1 Å². The summed E-state index contributed by atoms with van der Waals surface area (Å²) in [5.41, 5.74) is -0.0817. The lowest BCUT2D eigenvalue weighted by Gasteiger charge is -2.06. The molecule has 1 fully saturated rings. The Labute approximate surface area is 111 Å². The van der Waals surface area contributed by atoms with Gasteiger partial charge in [0.05, 0.1) is 0 Å². The minimum Gasteiger partial charge on any atom is -0.451 e. The number of hydrogen-bond acceptors (Lipinski definition) is 3. The number of esters is 1. The highest BCUT2D eigenvalue weighted by Crippen LogP contribution is 2.52. The first-order valence-electron chi connectivity index (χ1n) is 5.38. The van der Waals surface area contributed by atoms with Crippen LogP contribution in [0, 0.1) is 11.3 Å². The molecule has 0 spiro atoms. The molecule has 0 radical (unpaired) electrons. The number of alkyl halides is 3. The second kappa shape index (κ2) is 6.58. The standard InChI is InChI=1S/C10H12F4O2.CH2O3/c1-9(2)4-6(9)3-7(11)8(15)16-5-10(12,13)14;2-1(3)4/h3,6H,4-5H2,1-2H3;(H2,2,3,4). The molecule has 0 bridgehead atoms. The van der Waals surface area contributed by atoms with Crippen LogP contribution >= 0.6 is 0 Å². The van der Waals surface area contributed by atoms with Crippen LogP contribution in [0.4, 0.5) is 22.4 Å². The molecule has 1 aliphatic rings. The molecule has 0 aromatic carbocycles. The first kappa shape index (κ1) is 18.2. The fourth-order valence-corrected chi connectivity index (χ4v) is 1.25. The van der Waals surface area contributed by atoms with Gasteiger partial charge in [0.25, 0.3) is 0 Å². The van der Waals surface area contributed by atoms with Crippen LogP contribution in [-0.4, -0.2) is 35.1 Å². The third kappa shape index (κ3) is 8.33. The largest absolute Gasteiger partial charge is 0.503 e. The molecule has 0 amide bonds. The molecule has 1 unspecified atom stereocenters. The van der Waals surface area contributed by atoms with E-state index < -0.39 is 30.7 Å². The van der Waals surface area contributed by atoms with Crippen molar-refractivity contribution in [3.05, 3.63) is 11.9 Å². The molecule has 9 heteroatoms. The third-order valence-electron chi connectivity index (χ3n) is 2.50. The van der Waals surface area contributed by atoms with E-state index in [1.54, 1.807) is 0 Å². The second-order valence-electron chi connectivity index (χ2n) is 4.79. The van der Waals surface area contributed by atoms with Crippen molar-refractivity contribution in [2.24, 2.45) is 11.3 Å². The molecule has 0 heterocycles. The van der Waals surface area contributed by atoms with Crippen molar-refractivity contribution >= 4 is 12.1 Å². The van der Waals surface area contributed by atoms with Crippen LogP contribution < -0.4 is 0 Å². The highest BCUT2D eigenvalue weighted by atomic mass is 19.4. The highest BCUT2D eigenvalue weighted by Gasteiger charge is 2.44. The fourth-order valence-electron chi connectivity index (χ4n) is 1.25. The summed E-state index contributed by atoms with van der Waals surface area (Å²) in [6, 6.07) is 0. The Morgan fingerprint density at radius 3 is 2.05 bits per heavy atom. The Balaban J connectivity index is 0.000000796. The van der Waals surface area contributed by atoms with Crippen molar-refractivity contribution in [1.29, 1.82) is 0 Å². The van der Waals surface area contributed by atoms with Crippen molar-refractivity contribution in [3.63, 3.8) is 0 Å². The lowest BCUT2D eigenvalue weighted by atomic mass is 10.1. The van der Waals surface area contributed by atoms with Crippen LogP contribution in [0.5, 0.6) is 0 Å². The molecule has 1 saturated carbocycles. The van der Waals surface area contributed by atoms with Gasteiger partial charge < -0.3 is 14.9 Å². The Hall–Kier alpha value is -1.80. The molecule has 116 valence electrons. The van der Waals surface area contributed by atoms with Gasteiger partial charge in [-0.3, -0.25) is 0 Å². The minimum atomic E-state index is -4.63. The first-order valence-corrected chi connectivity index (χ1v) is 5.38. The van der Waals surface area contributed by atoms with Gasteiger partial charge in [0, 0.05) is 0 Å². The first-order chi connectivity index (χ1) is 8.85. The average Bonchev–Trinajstić information content (AvgIpc) is 2.80. The number of rotatable bonds is 3. The van der Waals surface area contributed by atoms with E-state index in [1.165, 1.54) is 0 Å². The lowest BCUT2D eigenvalue weighted by Crippen LogP contribution is -2.20. The van der Waals surface area contributed by atoms with Gasteiger partial charge in [0.15, 0.2) is 6.61 Å². The van der Waals surface area contributed by atoms with E-state index in [-0.39, 0.29) is 11.3 Å². The van der Waals surface area contributed by atoms with Crippen molar-refractivity contribution in [2.75, 3.05) is 6.61 Å². The molecule has 1 rings (SSSR count). The SMILES string of the molecule is CC1(C)CC1C=C(F)C(=O)OCC(F)(F)F.O=C(O)O. The number of carbonyl (C=O) groups excluding carboxylic acids is 1. The van der Waals surface area contributed by atoms with Crippen LogP contribution in [0.3, 0.4) is 0 Å². The molecule has 1 aliphatic carbocycles. The zero-order chi connectivity index (χ0) is 16.1. The van der Waals surface area contributed by atoms with Gasteiger partial charge in [0.1, 0.15) is 0 Å². The summed E-state index contributed by atoms with van der Waals surface area (Å²) in [6.45, 7) is 1.99. The molecule has 20 heavy (non-hydrogen) atoms. The number of carbonyl (C=O) groups is 2. The number of hydrogen-bond donors (Lipinski definition) is 2. The summed E-state index contributed by atoms with van der Waals surface area (Å²) in [4.78, 5) is 19.4. The van der Waals surface area contributed by atoms with E-state index in [4.69, 9.17) is 15.0 Å². The Bertz CT molecular complexity index is 396. The van der Waals surface area contributed by atoms with E-state index in [9.17, 15) is 22.4 Å². The second-order valence-corrected chi connectivity index (χ2v) is 4.79. The van der Waals surface area contributed by atoms with Gasteiger partial charge in [0.2, 0.25) is 5.83 Å². The maximum atomic E-state index is 13.0. The summed E-state index contributed by atoms with van der Waals surface area (Å²) in [5, 5.41) is 13.9. The van der Waals surface area contributed by atoms with Gasteiger partial charge in [-0.25, -0.2) is 9.59 Å². The van der Waals surface area contributed by atoms with E-state index >= 15 is 0 Å². The summed E-state index contributed by atoms with van der Waals surface area (Å²) in [5.74, 6) is -2.91. The van der Waals surface area contributed by atoms with Crippen LogP contribution in [-0.2, 0) is 9.53 Å². The van der Waals surface area contributed by atoms with Crippen molar-refractivity contribution in [1.82, 2.24) is 0 Å². The summed E-state index contributed by atoms with van der Waals surface area (Å²) < 4.78 is 51.8. The Morgan fingerprint density at radius 1 is 1.35 bits per heavy atom.